The molecule has 0 aromatic rings. The number of amides is 1. The molecule has 0 aromatic heterocycles. The lowest BCUT2D eigenvalue weighted by Crippen LogP contribution is -2.52. The summed E-state index contributed by atoms with van der Waals surface area (Å²) in [7, 11) is 1.97. The van der Waals surface area contributed by atoms with Crippen molar-refractivity contribution in [1.29, 1.82) is 5.26 Å². The van der Waals surface area contributed by atoms with Crippen molar-refractivity contribution in [3.05, 3.63) is 0 Å². The Morgan fingerprint density at radius 1 is 1.38 bits per heavy atom. The molecule has 0 spiro atoms. The van der Waals surface area contributed by atoms with E-state index in [4.69, 9.17) is 0 Å². The van der Waals surface area contributed by atoms with Gasteiger partial charge in [-0.15, -0.1) is 0 Å². The summed E-state index contributed by atoms with van der Waals surface area (Å²) in [6.07, 6.45) is 6.79. The number of nitriles is 1. The molecule has 0 aromatic carbocycles. The monoisotopic (exact) mass is 292 g/mol. The fraction of sp³-hybridized carbons (Fsp3) is 0.875. The first-order chi connectivity index (χ1) is 10.1. The van der Waals surface area contributed by atoms with Crippen LogP contribution in [0.3, 0.4) is 0 Å². The molecule has 1 saturated heterocycles. The van der Waals surface area contributed by atoms with Crippen LogP contribution in [-0.2, 0) is 4.79 Å². The smallest absolute Gasteiger partial charge is 0.235 e. The Morgan fingerprint density at radius 3 is 2.76 bits per heavy atom. The van der Waals surface area contributed by atoms with Gasteiger partial charge in [0, 0.05) is 6.04 Å². The second-order valence-electron chi connectivity index (χ2n) is 6.65. The SMILES string of the molecule is CNCCC1CCCCN1CC(=O)NC(C)(C#N)C1CC1. The fourth-order valence-corrected chi connectivity index (χ4v) is 3.30. The zero-order chi connectivity index (χ0) is 15.3. The molecular weight excluding hydrogens is 264 g/mol. The van der Waals surface area contributed by atoms with E-state index in [0.717, 1.165) is 32.4 Å². The van der Waals surface area contributed by atoms with Crippen molar-refractivity contribution in [2.24, 2.45) is 5.92 Å². The summed E-state index contributed by atoms with van der Waals surface area (Å²) in [5, 5.41) is 15.5. The predicted octanol–water partition coefficient (Wildman–Crippen LogP) is 1.26. The highest BCUT2D eigenvalue weighted by Gasteiger charge is 2.43. The van der Waals surface area contributed by atoms with Crippen LogP contribution < -0.4 is 10.6 Å². The molecule has 2 atom stereocenters. The second kappa shape index (κ2) is 7.24. The first-order valence-electron chi connectivity index (χ1n) is 8.20. The summed E-state index contributed by atoms with van der Waals surface area (Å²) in [5.74, 6) is 0.343. The Bertz CT molecular complexity index is 402. The van der Waals surface area contributed by atoms with E-state index in [9.17, 15) is 10.1 Å². The third kappa shape index (κ3) is 4.42. The zero-order valence-corrected chi connectivity index (χ0v) is 13.3. The van der Waals surface area contributed by atoms with Crippen molar-refractivity contribution >= 4 is 5.91 Å². The summed E-state index contributed by atoms with van der Waals surface area (Å²) in [6.45, 7) is 4.27. The summed E-state index contributed by atoms with van der Waals surface area (Å²) >= 11 is 0. The predicted molar refractivity (Wildman–Crippen MR) is 82.6 cm³/mol. The zero-order valence-electron chi connectivity index (χ0n) is 13.3. The fourth-order valence-electron chi connectivity index (χ4n) is 3.30. The maximum atomic E-state index is 12.3. The van der Waals surface area contributed by atoms with Gasteiger partial charge in [0.1, 0.15) is 5.54 Å². The van der Waals surface area contributed by atoms with E-state index in [1.807, 2.05) is 14.0 Å². The second-order valence-corrected chi connectivity index (χ2v) is 6.65. The molecule has 1 amide bonds. The van der Waals surface area contributed by atoms with Crippen molar-refractivity contribution in [1.82, 2.24) is 15.5 Å². The molecule has 2 rings (SSSR count). The molecule has 5 nitrogen and oxygen atoms in total. The maximum Gasteiger partial charge on any atom is 0.235 e. The molecule has 2 N–H and O–H groups in total. The van der Waals surface area contributed by atoms with Gasteiger partial charge in [-0.3, -0.25) is 9.69 Å². The topological polar surface area (TPSA) is 68.2 Å². The van der Waals surface area contributed by atoms with Gasteiger partial charge in [0.15, 0.2) is 0 Å². The van der Waals surface area contributed by atoms with Gasteiger partial charge in [0.2, 0.25) is 5.91 Å². The minimum atomic E-state index is -0.673. The minimum Gasteiger partial charge on any atom is -0.337 e. The van der Waals surface area contributed by atoms with Gasteiger partial charge in [0.05, 0.1) is 12.6 Å². The molecule has 2 unspecified atom stereocenters. The molecule has 5 heteroatoms. The standard InChI is InChI=1S/C16H28N4O/c1-16(12-17,13-6-7-13)19-15(21)11-20-10-4-3-5-14(20)8-9-18-2/h13-14,18H,3-11H2,1-2H3,(H,19,21). The van der Waals surface area contributed by atoms with Gasteiger partial charge < -0.3 is 10.6 Å². The van der Waals surface area contributed by atoms with Crippen LogP contribution in [0.1, 0.15) is 45.4 Å². The van der Waals surface area contributed by atoms with E-state index in [0.29, 0.717) is 18.5 Å². The third-order valence-corrected chi connectivity index (χ3v) is 4.85. The Hall–Kier alpha value is -1.12. The molecule has 1 aliphatic carbocycles. The van der Waals surface area contributed by atoms with E-state index in [1.54, 1.807) is 0 Å². The molecule has 1 heterocycles. The van der Waals surface area contributed by atoms with Gasteiger partial charge >= 0.3 is 0 Å². The Labute approximate surface area is 128 Å². The summed E-state index contributed by atoms with van der Waals surface area (Å²) in [5.41, 5.74) is -0.673. The van der Waals surface area contributed by atoms with Crippen LogP contribution >= 0.6 is 0 Å². The van der Waals surface area contributed by atoms with Gasteiger partial charge in [0.25, 0.3) is 0 Å². The van der Waals surface area contributed by atoms with Crippen LogP contribution in [0.4, 0.5) is 0 Å². The quantitative estimate of drug-likeness (QED) is 0.741. The largest absolute Gasteiger partial charge is 0.337 e. The van der Waals surface area contributed by atoms with E-state index in [2.05, 4.69) is 21.6 Å². The lowest BCUT2D eigenvalue weighted by Gasteiger charge is -2.36. The number of carbonyl (C=O) groups excluding carboxylic acids is 1. The van der Waals surface area contributed by atoms with Crippen molar-refractivity contribution < 1.29 is 4.79 Å². The number of piperidine rings is 1. The van der Waals surface area contributed by atoms with Crippen molar-refractivity contribution in [3.8, 4) is 6.07 Å². The van der Waals surface area contributed by atoms with Crippen LogP contribution in [-0.4, -0.2) is 49.1 Å². The van der Waals surface area contributed by atoms with Crippen LogP contribution in [0, 0.1) is 17.2 Å². The number of nitrogens with one attached hydrogen (secondary N) is 2. The van der Waals surface area contributed by atoms with Crippen LogP contribution in [0.25, 0.3) is 0 Å². The lowest BCUT2D eigenvalue weighted by atomic mass is 9.97. The average molecular weight is 292 g/mol. The highest BCUT2D eigenvalue weighted by molar-refractivity contribution is 5.79. The third-order valence-electron chi connectivity index (χ3n) is 4.85. The maximum absolute atomic E-state index is 12.3. The first kappa shape index (κ1) is 16.3. The summed E-state index contributed by atoms with van der Waals surface area (Å²) < 4.78 is 0. The van der Waals surface area contributed by atoms with E-state index < -0.39 is 5.54 Å². The average Bonchev–Trinajstić information content (AvgIpc) is 3.31. The highest BCUT2D eigenvalue weighted by atomic mass is 16.2. The number of rotatable bonds is 7. The number of hydrogen-bond acceptors (Lipinski definition) is 4. The first-order valence-corrected chi connectivity index (χ1v) is 8.20. The van der Waals surface area contributed by atoms with E-state index in [1.165, 1.54) is 19.3 Å². The molecule has 1 saturated carbocycles. The molecule has 21 heavy (non-hydrogen) atoms. The van der Waals surface area contributed by atoms with Gasteiger partial charge in [-0.25, -0.2) is 0 Å². The molecule has 1 aliphatic heterocycles. The molecule has 0 bridgehead atoms. The van der Waals surface area contributed by atoms with Crippen LogP contribution in [0.2, 0.25) is 0 Å². The molecule has 118 valence electrons. The van der Waals surface area contributed by atoms with E-state index >= 15 is 0 Å². The highest BCUT2D eigenvalue weighted by Crippen LogP contribution is 2.39. The summed E-state index contributed by atoms with van der Waals surface area (Å²) in [4.78, 5) is 14.6. The van der Waals surface area contributed by atoms with Gasteiger partial charge in [-0.05, 0) is 65.1 Å². The Balaban J connectivity index is 1.86. The van der Waals surface area contributed by atoms with Crippen molar-refractivity contribution in [3.63, 3.8) is 0 Å². The Kier molecular flexibility index (Phi) is 5.60. The van der Waals surface area contributed by atoms with Gasteiger partial charge in [-0.2, -0.15) is 5.26 Å². The number of nitrogens with zero attached hydrogens (tertiary/aromatic N) is 2. The number of carbonyl (C=O) groups is 1. The van der Waals surface area contributed by atoms with Crippen LogP contribution in [0.15, 0.2) is 0 Å². The minimum absolute atomic E-state index is 0.00214. The Morgan fingerprint density at radius 2 is 2.14 bits per heavy atom. The number of hydrogen-bond donors (Lipinski definition) is 2. The number of likely N-dealkylation sites (tertiary alicyclic amines) is 1. The molecule has 2 fully saturated rings. The lowest BCUT2D eigenvalue weighted by molar-refractivity contribution is -0.124. The van der Waals surface area contributed by atoms with E-state index in [-0.39, 0.29) is 5.91 Å². The molecule has 2 aliphatic rings. The van der Waals surface area contributed by atoms with Crippen molar-refractivity contribution in [2.75, 3.05) is 26.7 Å². The van der Waals surface area contributed by atoms with Gasteiger partial charge in [-0.1, -0.05) is 6.42 Å². The van der Waals surface area contributed by atoms with Crippen molar-refractivity contribution in [2.45, 2.75) is 57.0 Å². The molecular formula is C16H28N4O. The summed E-state index contributed by atoms with van der Waals surface area (Å²) in [6, 6.07) is 2.79. The molecule has 0 radical (unpaired) electrons. The normalized spacial score (nSPS) is 25.9. The van der Waals surface area contributed by atoms with Crippen LogP contribution in [0.5, 0.6) is 0 Å².